The number of aromatic carboxylic acids is 1. The van der Waals surface area contributed by atoms with E-state index in [2.05, 4.69) is 32.9 Å². The third-order valence-electron chi connectivity index (χ3n) is 2.48. The first-order valence-corrected chi connectivity index (χ1v) is 7.73. The number of hydrogen-bond donors (Lipinski definition) is 2. The van der Waals surface area contributed by atoms with Gasteiger partial charge in [0.25, 0.3) is 5.91 Å². The molecule has 104 valence electrons. The van der Waals surface area contributed by atoms with E-state index in [1.165, 1.54) is 16.7 Å². The number of amides is 1. The smallest absolute Gasteiger partial charge is 0.355 e. The molecule has 0 radical (unpaired) electrons. The molecule has 2 rings (SSSR count). The van der Waals surface area contributed by atoms with E-state index in [0.29, 0.717) is 23.5 Å². The maximum atomic E-state index is 11.9. The summed E-state index contributed by atoms with van der Waals surface area (Å²) in [4.78, 5) is 26.5. The number of carboxylic acid groups (broad SMARTS) is 1. The molecule has 0 saturated carbocycles. The number of halogens is 1. The van der Waals surface area contributed by atoms with Gasteiger partial charge in [-0.3, -0.25) is 4.79 Å². The summed E-state index contributed by atoms with van der Waals surface area (Å²) in [6.07, 6.45) is 0.521. The molecule has 5 nitrogen and oxygen atoms in total. The van der Waals surface area contributed by atoms with Gasteiger partial charge in [-0.1, -0.05) is 6.07 Å². The number of hydrogen-bond acceptors (Lipinski definition) is 4. The quantitative estimate of drug-likeness (QED) is 0.754. The van der Waals surface area contributed by atoms with Crippen molar-refractivity contribution in [3.63, 3.8) is 0 Å². The second-order valence-corrected chi connectivity index (χ2v) is 6.14. The standard InChI is InChI=1S/C13H11IN2O3S/c14-9-3-1-2-8(6-9)12(17)15-5-4-11-16-10(7-20-11)13(18)19/h1-3,6-7H,4-5H2,(H,15,17)(H,18,19). The number of benzene rings is 1. The normalized spacial score (nSPS) is 10.2. The first-order chi connectivity index (χ1) is 9.56. The fraction of sp³-hybridized carbons (Fsp3) is 0.154. The maximum absolute atomic E-state index is 11.9. The van der Waals surface area contributed by atoms with Crippen LogP contribution in [-0.2, 0) is 6.42 Å². The van der Waals surface area contributed by atoms with Crippen molar-refractivity contribution < 1.29 is 14.7 Å². The summed E-state index contributed by atoms with van der Waals surface area (Å²) in [6.45, 7) is 0.427. The summed E-state index contributed by atoms with van der Waals surface area (Å²) in [5.74, 6) is -1.17. The molecular weight excluding hydrogens is 391 g/mol. The number of thiazole rings is 1. The molecule has 2 aromatic rings. The van der Waals surface area contributed by atoms with Gasteiger partial charge in [-0.2, -0.15) is 0 Å². The van der Waals surface area contributed by atoms with Crippen LogP contribution in [0.25, 0.3) is 0 Å². The number of nitrogens with zero attached hydrogens (tertiary/aromatic N) is 1. The number of aromatic nitrogens is 1. The molecule has 0 unspecified atom stereocenters. The first kappa shape index (κ1) is 14.9. The third-order valence-corrected chi connectivity index (χ3v) is 4.06. The molecule has 0 spiro atoms. The van der Waals surface area contributed by atoms with Gasteiger partial charge in [0.2, 0.25) is 0 Å². The molecule has 1 aromatic heterocycles. The van der Waals surface area contributed by atoms with Gasteiger partial charge in [0.05, 0.1) is 5.01 Å². The van der Waals surface area contributed by atoms with Crippen LogP contribution in [0.2, 0.25) is 0 Å². The lowest BCUT2D eigenvalue weighted by Gasteiger charge is -2.04. The summed E-state index contributed by atoms with van der Waals surface area (Å²) < 4.78 is 1.00. The lowest BCUT2D eigenvalue weighted by atomic mass is 10.2. The first-order valence-electron chi connectivity index (χ1n) is 5.78. The Balaban J connectivity index is 1.86. The molecule has 7 heteroatoms. The highest BCUT2D eigenvalue weighted by Crippen LogP contribution is 2.10. The number of carboxylic acids is 1. The van der Waals surface area contributed by atoms with Crippen LogP contribution < -0.4 is 5.32 Å². The molecule has 1 heterocycles. The summed E-state index contributed by atoms with van der Waals surface area (Å²) >= 11 is 3.43. The van der Waals surface area contributed by atoms with Crippen LogP contribution in [0.15, 0.2) is 29.6 Å². The van der Waals surface area contributed by atoms with Gasteiger partial charge < -0.3 is 10.4 Å². The summed E-state index contributed by atoms with van der Waals surface area (Å²) in [5.41, 5.74) is 0.663. The molecule has 2 N–H and O–H groups in total. The Morgan fingerprint density at radius 3 is 2.85 bits per heavy atom. The molecule has 1 amide bonds. The predicted octanol–water partition coefficient (Wildman–Crippen LogP) is 2.42. The van der Waals surface area contributed by atoms with Crippen LogP contribution in [0.1, 0.15) is 25.9 Å². The number of rotatable bonds is 5. The van der Waals surface area contributed by atoms with Gasteiger partial charge >= 0.3 is 5.97 Å². The van der Waals surface area contributed by atoms with Gasteiger partial charge in [0.1, 0.15) is 0 Å². The minimum Gasteiger partial charge on any atom is -0.476 e. The van der Waals surface area contributed by atoms with Crippen molar-refractivity contribution in [2.45, 2.75) is 6.42 Å². The van der Waals surface area contributed by atoms with Crippen LogP contribution >= 0.6 is 33.9 Å². The third kappa shape index (κ3) is 4.01. The zero-order valence-electron chi connectivity index (χ0n) is 10.3. The molecule has 20 heavy (non-hydrogen) atoms. The minimum atomic E-state index is -1.03. The van der Waals surface area contributed by atoms with E-state index in [9.17, 15) is 9.59 Å². The van der Waals surface area contributed by atoms with Crippen LogP contribution in [0.3, 0.4) is 0 Å². The average molecular weight is 402 g/mol. The van der Waals surface area contributed by atoms with Crippen molar-refractivity contribution in [2.75, 3.05) is 6.54 Å². The van der Waals surface area contributed by atoms with E-state index >= 15 is 0 Å². The highest BCUT2D eigenvalue weighted by molar-refractivity contribution is 14.1. The van der Waals surface area contributed by atoms with E-state index in [1.54, 1.807) is 6.07 Å². The van der Waals surface area contributed by atoms with Gasteiger partial charge in [0.15, 0.2) is 5.69 Å². The van der Waals surface area contributed by atoms with Crippen molar-refractivity contribution in [3.8, 4) is 0 Å². The topological polar surface area (TPSA) is 79.3 Å². The molecule has 0 aliphatic rings. The number of nitrogens with one attached hydrogen (secondary N) is 1. The van der Waals surface area contributed by atoms with Crippen LogP contribution in [-0.4, -0.2) is 28.5 Å². The fourth-order valence-corrected chi connectivity index (χ4v) is 2.85. The second-order valence-electron chi connectivity index (χ2n) is 3.95. The molecular formula is C13H11IN2O3S. The average Bonchev–Trinajstić information content (AvgIpc) is 2.87. The largest absolute Gasteiger partial charge is 0.476 e. The molecule has 0 fully saturated rings. The summed E-state index contributed by atoms with van der Waals surface area (Å²) in [5, 5.41) is 13.7. The highest BCUT2D eigenvalue weighted by Gasteiger charge is 2.09. The predicted molar refractivity (Wildman–Crippen MR) is 84.3 cm³/mol. The summed E-state index contributed by atoms with van der Waals surface area (Å²) in [7, 11) is 0. The monoisotopic (exact) mass is 402 g/mol. The zero-order valence-corrected chi connectivity index (χ0v) is 13.3. The minimum absolute atomic E-state index is 0.0499. The van der Waals surface area contributed by atoms with Crippen molar-refractivity contribution in [1.29, 1.82) is 0 Å². The Hall–Kier alpha value is -1.48. The summed E-state index contributed by atoms with van der Waals surface area (Å²) in [6, 6.07) is 7.31. The molecule has 0 bridgehead atoms. The van der Waals surface area contributed by atoms with E-state index in [4.69, 9.17) is 5.11 Å². The van der Waals surface area contributed by atoms with E-state index < -0.39 is 5.97 Å². The highest BCUT2D eigenvalue weighted by atomic mass is 127. The molecule has 1 aromatic carbocycles. The molecule has 0 aliphatic heterocycles. The Bertz CT molecular complexity index is 642. The van der Waals surface area contributed by atoms with Crippen LogP contribution in [0, 0.1) is 3.57 Å². The lowest BCUT2D eigenvalue weighted by molar-refractivity contribution is 0.0690. The fourth-order valence-electron chi connectivity index (χ4n) is 1.54. The van der Waals surface area contributed by atoms with Gasteiger partial charge in [0, 0.05) is 27.5 Å². The van der Waals surface area contributed by atoms with Crippen molar-refractivity contribution in [1.82, 2.24) is 10.3 Å². The molecule has 0 aliphatic carbocycles. The Labute approximate surface area is 133 Å². The lowest BCUT2D eigenvalue weighted by Crippen LogP contribution is -2.25. The van der Waals surface area contributed by atoms with Crippen molar-refractivity contribution in [3.05, 3.63) is 49.5 Å². The number of carbonyl (C=O) groups is 2. The Kier molecular flexibility index (Phi) is 5.07. The Morgan fingerprint density at radius 1 is 1.40 bits per heavy atom. The van der Waals surface area contributed by atoms with Crippen LogP contribution in [0.4, 0.5) is 0 Å². The SMILES string of the molecule is O=C(NCCc1nc(C(=O)O)cs1)c1cccc(I)c1. The van der Waals surface area contributed by atoms with Crippen LogP contribution in [0.5, 0.6) is 0 Å². The second kappa shape index (κ2) is 6.80. The van der Waals surface area contributed by atoms with E-state index in [1.807, 2.05) is 18.2 Å². The van der Waals surface area contributed by atoms with Gasteiger partial charge in [-0.25, -0.2) is 9.78 Å². The van der Waals surface area contributed by atoms with Gasteiger partial charge in [-0.05, 0) is 40.8 Å². The Morgan fingerprint density at radius 2 is 2.20 bits per heavy atom. The molecule has 0 saturated heterocycles. The molecule has 0 atom stereocenters. The number of carbonyl (C=O) groups excluding carboxylic acids is 1. The van der Waals surface area contributed by atoms with E-state index in [-0.39, 0.29) is 11.6 Å². The van der Waals surface area contributed by atoms with Crippen molar-refractivity contribution in [2.24, 2.45) is 0 Å². The van der Waals surface area contributed by atoms with Crippen molar-refractivity contribution >= 4 is 45.8 Å². The zero-order chi connectivity index (χ0) is 14.5. The van der Waals surface area contributed by atoms with Gasteiger partial charge in [-0.15, -0.1) is 11.3 Å². The maximum Gasteiger partial charge on any atom is 0.355 e. The van der Waals surface area contributed by atoms with E-state index in [0.717, 1.165) is 3.57 Å².